The van der Waals surface area contributed by atoms with E-state index in [9.17, 15) is 4.21 Å². The molecular formula is C23H21N3OS. The third-order valence-electron chi connectivity index (χ3n) is 4.55. The Balaban J connectivity index is 1.81. The van der Waals surface area contributed by atoms with E-state index in [1.807, 2.05) is 84.9 Å². The first-order valence-electron chi connectivity index (χ1n) is 9.14. The van der Waals surface area contributed by atoms with Crippen molar-refractivity contribution in [1.82, 2.24) is 9.97 Å². The van der Waals surface area contributed by atoms with Crippen molar-refractivity contribution in [1.29, 1.82) is 0 Å². The minimum absolute atomic E-state index is 0.103. The van der Waals surface area contributed by atoms with Gasteiger partial charge in [0.2, 0.25) is 0 Å². The van der Waals surface area contributed by atoms with Crippen LogP contribution in [-0.2, 0) is 10.8 Å². The molecule has 0 saturated heterocycles. The molecule has 4 aromatic rings. The Bertz CT molecular complexity index is 1100. The van der Waals surface area contributed by atoms with Crippen LogP contribution in [0.2, 0.25) is 0 Å². The van der Waals surface area contributed by atoms with Gasteiger partial charge in [0.1, 0.15) is 5.82 Å². The fraction of sp³-hybridized carbons (Fsp3) is 0.130. The average Bonchev–Trinajstić information content (AvgIpc) is 2.74. The number of para-hydroxylation sites is 1. The summed E-state index contributed by atoms with van der Waals surface area (Å²) in [5.74, 6) is 1.93. The minimum Gasteiger partial charge on any atom is -0.362 e. The summed E-state index contributed by atoms with van der Waals surface area (Å²) in [5, 5.41) is 4.48. The lowest BCUT2D eigenvalue weighted by Gasteiger charge is -2.20. The van der Waals surface area contributed by atoms with Gasteiger partial charge in [-0.1, -0.05) is 72.8 Å². The molecule has 3 aromatic carbocycles. The number of fused-ring (bicyclic) bond motifs is 1. The van der Waals surface area contributed by atoms with Gasteiger partial charge in [0, 0.05) is 33.8 Å². The summed E-state index contributed by atoms with van der Waals surface area (Å²) < 4.78 is 12.0. The Kier molecular flexibility index (Phi) is 5.44. The maximum absolute atomic E-state index is 12.0. The fourth-order valence-electron chi connectivity index (χ4n) is 3.21. The number of hydrogen-bond donors (Lipinski definition) is 1. The first-order chi connectivity index (χ1) is 13.7. The SMILES string of the molecule is C[S@](=O)C[C@H](Nc1nc(-c2ccccc2)nc2ccccc12)c1ccccc1. The summed E-state index contributed by atoms with van der Waals surface area (Å²) >= 11 is 0. The Morgan fingerprint density at radius 1 is 0.857 bits per heavy atom. The molecule has 1 N–H and O–H groups in total. The second-order valence-electron chi connectivity index (χ2n) is 6.63. The minimum atomic E-state index is -0.951. The highest BCUT2D eigenvalue weighted by Crippen LogP contribution is 2.28. The summed E-state index contributed by atoms with van der Waals surface area (Å²) in [4.78, 5) is 9.56. The Morgan fingerprint density at radius 2 is 1.50 bits per heavy atom. The molecule has 0 unspecified atom stereocenters. The van der Waals surface area contributed by atoms with Crippen LogP contribution in [0.5, 0.6) is 0 Å². The van der Waals surface area contributed by atoms with Crippen LogP contribution >= 0.6 is 0 Å². The van der Waals surface area contributed by atoms with Crippen LogP contribution in [0.3, 0.4) is 0 Å². The molecule has 0 amide bonds. The van der Waals surface area contributed by atoms with Gasteiger partial charge >= 0.3 is 0 Å². The average molecular weight is 388 g/mol. The summed E-state index contributed by atoms with van der Waals surface area (Å²) in [7, 11) is -0.951. The Labute approximate surface area is 167 Å². The highest BCUT2D eigenvalue weighted by molar-refractivity contribution is 7.84. The smallest absolute Gasteiger partial charge is 0.162 e. The van der Waals surface area contributed by atoms with Gasteiger partial charge < -0.3 is 5.32 Å². The van der Waals surface area contributed by atoms with E-state index in [-0.39, 0.29) is 6.04 Å². The van der Waals surface area contributed by atoms with Crippen molar-refractivity contribution in [2.24, 2.45) is 0 Å². The standard InChI is InChI=1S/C23H21N3OS/c1-28(27)16-21(17-10-4-2-5-11-17)25-23-19-14-8-9-15-20(19)24-22(26-23)18-12-6-3-7-13-18/h2-15,21H,16H2,1H3,(H,24,25,26)/t21-,28-/m0/s1. The molecule has 0 radical (unpaired) electrons. The second-order valence-corrected chi connectivity index (χ2v) is 8.11. The molecule has 0 bridgehead atoms. The lowest BCUT2D eigenvalue weighted by atomic mass is 10.1. The topological polar surface area (TPSA) is 54.9 Å². The third kappa shape index (κ3) is 4.10. The normalized spacial score (nSPS) is 13.2. The molecule has 140 valence electrons. The lowest BCUT2D eigenvalue weighted by molar-refractivity contribution is 0.682. The molecule has 0 aliphatic rings. The molecule has 5 heteroatoms. The van der Waals surface area contributed by atoms with Gasteiger partial charge in [-0.15, -0.1) is 0 Å². The largest absolute Gasteiger partial charge is 0.362 e. The number of rotatable bonds is 6. The molecular weight excluding hydrogens is 366 g/mol. The van der Waals surface area contributed by atoms with E-state index in [0.29, 0.717) is 11.6 Å². The van der Waals surface area contributed by atoms with Crippen molar-refractivity contribution in [2.75, 3.05) is 17.3 Å². The van der Waals surface area contributed by atoms with Gasteiger partial charge in [-0.05, 0) is 17.7 Å². The van der Waals surface area contributed by atoms with Crippen LogP contribution in [0, 0.1) is 0 Å². The van der Waals surface area contributed by atoms with E-state index < -0.39 is 10.8 Å². The number of nitrogens with one attached hydrogen (secondary N) is 1. The van der Waals surface area contributed by atoms with Gasteiger partial charge in [-0.25, -0.2) is 9.97 Å². The summed E-state index contributed by atoms with van der Waals surface area (Å²) in [6.45, 7) is 0. The van der Waals surface area contributed by atoms with E-state index in [1.165, 1.54) is 0 Å². The van der Waals surface area contributed by atoms with Gasteiger partial charge in [-0.3, -0.25) is 4.21 Å². The van der Waals surface area contributed by atoms with Crippen LogP contribution in [0.15, 0.2) is 84.9 Å². The van der Waals surface area contributed by atoms with Crippen molar-refractivity contribution in [3.63, 3.8) is 0 Å². The molecule has 4 nitrogen and oxygen atoms in total. The summed E-state index contributed by atoms with van der Waals surface area (Å²) in [6, 6.07) is 27.9. The predicted octanol–water partition coefficient (Wildman–Crippen LogP) is 4.83. The molecule has 0 aliphatic carbocycles. The zero-order chi connectivity index (χ0) is 19.3. The van der Waals surface area contributed by atoms with Crippen LogP contribution in [0.4, 0.5) is 5.82 Å². The van der Waals surface area contributed by atoms with Crippen LogP contribution < -0.4 is 5.32 Å². The van der Waals surface area contributed by atoms with Crippen LogP contribution in [-0.4, -0.2) is 26.2 Å². The monoisotopic (exact) mass is 387 g/mol. The van der Waals surface area contributed by atoms with Crippen molar-refractivity contribution >= 4 is 27.5 Å². The van der Waals surface area contributed by atoms with Crippen molar-refractivity contribution in [3.8, 4) is 11.4 Å². The first-order valence-corrected chi connectivity index (χ1v) is 10.9. The second kappa shape index (κ2) is 8.31. The zero-order valence-electron chi connectivity index (χ0n) is 15.6. The number of aromatic nitrogens is 2. The van der Waals surface area contributed by atoms with Crippen molar-refractivity contribution in [3.05, 3.63) is 90.5 Å². The lowest BCUT2D eigenvalue weighted by Crippen LogP contribution is -2.19. The highest BCUT2D eigenvalue weighted by Gasteiger charge is 2.17. The fourth-order valence-corrected chi connectivity index (χ4v) is 3.95. The molecule has 2 atom stereocenters. The molecule has 0 spiro atoms. The van der Waals surface area contributed by atoms with Crippen LogP contribution in [0.1, 0.15) is 11.6 Å². The first kappa shape index (κ1) is 18.3. The van der Waals surface area contributed by atoms with Gasteiger partial charge in [-0.2, -0.15) is 0 Å². The molecule has 28 heavy (non-hydrogen) atoms. The number of hydrogen-bond acceptors (Lipinski definition) is 4. The highest BCUT2D eigenvalue weighted by atomic mass is 32.2. The van der Waals surface area contributed by atoms with E-state index in [2.05, 4.69) is 5.32 Å². The number of anilines is 1. The van der Waals surface area contributed by atoms with E-state index in [0.717, 1.165) is 27.8 Å². The molecule has 0 aliphatic heterocycles. The maximum atomic E-state index is 12.0. The van der Waals surface area contributed by atoms with Gasteiger partial charge in [0.25, 0.3) is 0 Å². The molecule has 1 aromatic heterocycles. The summed E-state index contributed by atoms with van der Waals surface area (Å²) in [6.07, 6.45) is 1.73. The maximum Gasteiger partial charge on any atom is 0.162 e. The van der Waals surface area contributed by atoms with Crippen LogP contribution in [0.25, 0.3) is 22.3 Å². The Hall–Kier alpha value is -3.05. The van der Waals surface area contributed by atoms with E-state index >= 15 is 0 Å². The Morgan fingerprint density at radius 3 is 2.21 bits per heavy atom. The number of benzene rings is 3. The van der Waals surface area contributed by atoms with Crippen molar-refractivity contribution < 1.29 is 4.21 Å². The molecule has 4 rings (SSSR count). The quantitative estimate of drug-likeness (QED) is 0.515. The number of nitrogens with zero attached hydrogens (tertiary/aromatic N) is 2. The van der Waals surface area contributed by atoms with Gasteiger partial charge in [0.05, 0.1) is 11.6 Å². The molecule has 0 fully saturated rings. The van der Waals surface area contributed by atoms with Gasteiger partial charge in [0.15, 0.2) is 5.82 Å². The van der Waals surface area contributed by atoms with Crippen molar-refractivity contribution in [2.45, 2.75) is 6.04 Å². The predicted molar refractivity (Wildman–Crippen MR) is 117 cm³/mol. The molecule has 1 heterocycles. The zero-order valence-corrected chi connectivity index (χ0v) is 16.4. The molecule has 0 saturated carbocycles. The summed E-state index contributed by atoms with van der Waals surface area (Å²) in [5.41, 5.74) is 2.93. The van der Waals surface area contributed by atoms with E-state index in [1.54, 1.807) is 6.26 Å². The van der Waals surface area contributed by atoms with E-state index in [4.69, 9.17) is 9.97 Å². The third-order valence-corrected chi connectivity index (χ3v) is 5.35.